The lowest BCUT2D eigenvalue weighted by Crippen LogP contribution is -2.02. The number of alkyl halides is 2. The van der Waals surface area contributed by atoms with Crippen molar-refractivity contribution in [3.8, 4) is 5.75 Å². The summed E-state index contributed by atoms with van der Waals surface area (Å²) >= 11 is 1.71. The molecular weight excluding hydrogens is 292 g/mol. The van der Waals surface area contributed by atoms with Crippen LogP contribution in [0.3, 0.4) is 0 Å². The van der Waals surface area contributed by atoms with Crippen molar-refractivity contribution in [3.05, 3.63) is 59.5 Å². The Hall–Kier alpha value is -2.14. The Labute approximate surface area is 125 Å². The van der Waals surface area contributed by atoms with E-state index in [4.69, 9.17) is 0 Å². The summed E-state index contributed by atoms with van der Waals surface area (Å²) in [5, 5.41) is 6.60. The molecule has 0 fully saturated rings. The monoisotopic (exact) mass is 305 g/mol. The number of rotatable bonds is 5. The van der Waals surface area contributed by atoms with Gasteiger partial charge in [0.1, 0.15) is 5.75 Å². The Morgan fingerprint density at radius 1 is 1.05 bits per heavy atom. The zero-order valence-electron chi connectivity index (χ0n) is 11.1. The SMILES string of the molecule is FC(F)Oc1ccc(CNc2ccc3sccc3c2)cc1. The average molecular weight is 305 g/mol. The van der Waals surface area contributed by atoms with Gasteiger partial charge in [0.05, 0.1) is 0 Å². The van der Waals surface area contributed by atoms with E-state index in [1.54, 1.807) is 35.6 Å². The number of thiophene rings is 1. The molecule has 0 radical (unpaired) electrons. The molecule has 3 aromatic rings. The van der Waals surface area contributed by atoms with E-state index in [0.717, 1.165) is 11.3 Å². The topological polar surface area (TPSA) is 21.3 Å². The maximum absolute atomic E-state index is 12.1. The molecule has 1 aromatic heterocycles. The maximum atomic E-state index is 12.1. The van der Waals surface area contributed by atoms with E-state index in [1.807, 2.05) is 6.07 Å². The predicted octanol–water partition coefficient (Wildman–Crippen LogP) is 5.11. The van der Waals surface area contributed by atoms with Crippen LogP contribution in [0.5, 0.6) is 5.75 Å². The Kier molecular flexibility index (Phi) is 4.01. The van der Waals surface area contributed by atoms with Crippen LogP contribution in [0.2, 0.25) is 0 Å². The van der Waals surface area contributed by atoms with Crippen LogP contribution in [0.4, 0.5) is 14.5 Å². The van der Waals surface area contributed by atoms with Crippen LogP contribution in [-0.2, 0) is 6.54 Å². The molecule has 0 spiro atoms. The van der Waals surface area contributed by atoms with Crippen molar-refractivity contribution in [2.24, 2.45) is 0 Å². The third kappa shape index (κ3) is 3.49. The molecule has 3 rings (SSSR count). The Morgan fingerprint density at radius 2 is 1.86 bits per heavy atom. The van der Waals surface area contributed by atoms with Crippen LogP contribution in [0.25, 0.3) is 10.1 Å². The molecule has 0 saturated heterocycles. The second-order valence-corrected chi connectivity index (χ2v) is 5.50. The molecule has 21 heavy (non-hydrogen) atoms. The van der Waals surface area contributed by atoms with Crippen LogP contribution in [0, 0.1) is 0 Å². The molecule has 1 heterocycles. The maximum Gasteiger partial charge on any atom is 0.387 e. The molecule has 0 aliphatic carbocycles. The van der Waals surface area contributed by atoms with Gasteiger partial charge in [-0.05, 0) is 52.7 Å². The molecule has 0 saturated carbocycles. The number of ether oxygens (including phenoxy) is 1. The van der Waals surface area contributed by atoms with Crippen molar-refractivity contribution < 1.29 is 13.5 Å². The molecule has 1 N–H and O–H groups in total. The highest BCUT2D eigenvalue weighted by molar-refractivity contribution is 7.17. The fourth-order valence-corrected chi connectivity index (χ4v) is 2.84. The summed E-state index contributed by atoms with van der Waals surface area (Å²) in [4.78, 5) is 0. The van der Waals surface area contributed by atoms with Crippen LogP contribution < -0.4 is 10.1 Å². The number of nitrogens with one attached hydrogen (secondary N) is 1. The number of anilines is 1. The van der Waals surface area contributed by atoms with Gasteiger partial charge in [-0.15, -0.1) is 11.3 Å². The van der Waals surface area contributed by atoms with E-state index >= 15 is 0 Å². The quantitative estimate of drug-likeness (QED) is 0.707. The largest absolute Gasteiger partial charge is 0.435 e. The van der Waals surface area contributed by atoms with Crippen molar-refractivity contribution in [1.82, 2.24) is 0 Å². The fourth-order valence-electron chi connectivity index (χ4n) is 2.07. The van der Waals surface area contributed by atoms with Gasteiger partial charge in [-0.2, -0.15) is 8.78 Å². The summed E-state index contributed by atoms with van der Waals surface area (Å²) in [6, 6.07) is 14.9. The predicted molar refractivity (Wildman–Crippen MR) is 82.2 cm³/mol. The highest BCUT2D eigenvalue weighted by atomic mass is 32.1. The molecule has 2 aromatic carbocycles. The van der Waals surface area contributed by atoms with Crippen LogP contribution in [0.1, 0.15) is 5.56 Å². The van der Waals surface area contributed by atoms with Gasteiger partial charge in [0.25, 0.3) is 0 Å². The minimum Gasteiger partial charge on any atom is -0.435 e. The lowest BCUT2D eigenvalue weighted by molar-refractivity contribution is -0.0498. The van der Waals surface area contributed by atoms with Crippen LogP contribution >= 0.6 is 11.3 Å². The summed E-state index contributed by atoms with van der Waals surface area (Å²) in [5.41, 5.74) is 2.04. The second-order valence-electron chi connectivity index (χ2n) is 4.55. The van der Waals surface area contributed by atoms with E-state index < -0.39 is 6.61 Å². The third-order valence-electron chi connectivity index (χ3n) is 3.10. The lowest BCUT2D eigenvalue weighted by Gasteiger charge is -2.08. The summed E-state index contributed by atoms with van der Waals surface area (Å²) in [5.74, 6) is 0.174. The lowest BCUT2D eigenvalue weighted by atomic mass is 10.2. The molecule has 108 valence electrons. The molecule has 0 amide bonds. The summed E-state index contributed by atoms with van der Waals surface area (Å²) < 4.78 is 29.7. The van der Waals surface area contributed by atoms with Crippen LogP contribution in [0.15, 0.2) is 53.9 Å². The van der Waals surface area contributed by atoms with E-state index in [1.165, 1.54) is 10.1 Å². The summed E-state index contributed by atoms with van der Waals surface area (Å²) in [6.07, 6.45) is 0. The van der Waals surface area contributed by atoms with Crippen molar-refractivity contribution in [2.75, 3.05) is 5.32 Å². The standard InChI is InChI=1S/C16H13F2NOS/c17-16(18)20-14-4-1-11(2-5-14)10-19-13-3-6-15-12(9-13)7-8-21-15/h1-9,16,19H,10H2. The van der Waals surface area contributed by atoms with E-state index in [2.05, 4.69) is 33.6 Å². The highest BCUT2D eigenvalue weighted by Gasteiger charge is 2.03. The van der Waals surface area contributed by atoms with Crippen molar-refractivity contribution in [3.63, 3.8) is 0 Å². The zero-order valence-corrected chi connectivity index (χ0v) is 11.9. The van der Waals surface area contributed by atoms with Gasteiger partial charge in [-0.25, -0.2) is 0 Å². The van der Waals surface area contributed by atoms with Gasteiger partial charge in [-0.3, -0.25) is 0 Å². The minimum atomic E-state index is -2.79. The van der Waals surface area contributed by atoms with Crippen molar-refractivity contribution >= 4 is 27.1 Å². The van der Waals surface area contributed by atoms with Gasteiger partial charge in [-0.1, -0.05) is 12.1 Å². The molecule has 5 heteroatoms. The summed E-state index contributed by atoms with van der Waals surface area (Å²) in [7, 11) is 0. The summed E-state index contributed by atoms with van der Waals surface area (Å²) in [6.45, 7) is -2.16. The molecule has 0 aliphatic rings. The zero-order chi connectivity index (χ0) is 14.7. The van der Waals surface area contributed by atoms with Gasteiger partial charge in [0.15, 0.2) is 0 Å². The normalized spacial score (nSPS) is 11.0. The first-order valence-electron chi connectivity index (χ1n) is 6.45. The first-order chi connectivity index (χ1) is 10.2. The van der Waals surface area contributed by atoms with Crippen LogP contribution in [-0.4, -0.2) is 6.61 Å². The Balaban J connectivity index is 1.63. The number of halogens is 2. The molecule has 2 nitrogen and oxygen atoms in total. The molecule has 0 aliphatic heterocycles. The van der Waals surface area contributed by atoms with Crippen molar-refractivity contribution in [2.45, 2.75) is 13.2 Å². The van der Waals surface area contributed by atoms with Gasteiger partial charge in [0.2, 0.25) is 0 Å². The van der Waals surface area contributed by atoms with Gasteiger partial charge >= 0.3 is 6.61 Å². The smallest absolute Gasteiger partial charge is 0.387 e. The van der Waals surface area contributed by atoms with E-state index in [-0.39, 0.29) is 5.75 Å². The molecule has 0 atom stereocenters. The molecular formula is C16H13F2NOS. The Bertz CT molecular complexity index is 724. The number of hydrogen-bond donors (Lipinski definition) is 1. The number of benzene rings is 2. The third-order valence-corrected chi connectivity index (χ3v) is 4.00. The molecule has 0 bridgehead atoms. The Morgan fingerprint density at radius 3 is 2.62 bits per heavy atom. The first kappa shape index (κ1) is 13.8. The number of hydrogen-bond acceptors (Lipinski definition) is 3. The second kappa shape index (κ2) is 6.10. The average Bonchev–Trinajstić information content (AvgIpc) is 2.93. The number of fused-ring (bicyclic) bond motifs is 1. The minimum absolute atomic E-state index is 0.174. The molecule has 0 unspecified atom stereocenters. The van der Waals surface area contributed by atoms with E-state index in [0.29, 0.717) is 6.54 Å². The first-order valence-corrected chi connectivity index (χ1v) is 7.33. The van der Waals surface area contributed by atoms with Crippen molar-refractivity contribution in [1.29, 1.82) is 0 Å². The van der Waals surface area contributed by atoms with Gasteiger partial charge < -0.3 is 10.1 Å². The van der Waals surface area contributed by atoms with Gasteiger partial charge in [0, 0.05) is 16.9 Å². The van der Waals surface area contributed by atoms with E-state index in [9.17, 15) is 8.78 Å². The fraction of sp³-hybridized carbons (Fsp3) is 0.125. The highest BCUT2D eigenvalue weighted by Crippen LogP contribution is 2.24.